The standard InChI is InChI=1S/C22H25N3O4/c1-2-16-19(23-11-27-16)22(26)25-10-15(14-3-4-17-18(9-14)29-12-28-17)21-20(25)13-5-7-24(21)8-6-13/h3-4,9,11,13,15,20-21H,2,5-8,10,12H2,1H3/t15-,20+,21+/m1/s1. The van der Waals surface area contributed by atoms with Crippen LogP contribution in [-0.4, -0.2) is 59.2 Å². The third-order valence-electron chi connectivity index (χ3n) is 7.24. The van der Waals surface area contributed by atoms with E-state index in [1.807, 2.05) is 13.0 Å². The van der Waals surface area contributed by atoms with Crippen molar-refractivity contribution in [1.29, 1.82) is 0 Å². The van der Waals surface area contributed by atoms with Crippen LogP contribution in [0.4, 0.5) is 0 Å². The predicted octanol–water partition coefficient (Wildman–Crippen LogP) is 2.67. The third-order valence-corrected chi connectivity index (χ3v) is 7.24. The second-order valence-corrected chi connectivity index (χ2v) is 8.51. The molecule has 2 bridgehead atoms. The van der Waals surface area contributed by atoms with Gasteiger partial charge in [-0.05, 0) is 49.5 Å². The zero-order valence-corrected chi connectivity index (χ0v) is 16.5. The van der Waals surface area contributed by atoms with Crippen molar-refractivity contribution in [2.45, 2.75) is 44.2 Å². The lowest BCUT2D eigenvalue weighted by atomic mass is 9.75. The minimum absolute atomic E-state index is 0.0163. The van der Waals surface area contributed by atoms with Crippen LogP contribution in [0.2, 0.25) is 0 Å². The van der Waals surface area contributed by atoms with E-state index in [4.69, 9.17) is 13.9 Å². The summed E-state index contributed by atoms with van der Waals surface area (Å²) in [6.45, 7) is 5.23. The summed E-state index contributed by atoms with van der Waals surface area (Å²) in [5, 5.41) is 0. The van der Waals surface area contributed by atoms with Crippen LogP contribution in [-0.2, 0) is 6.42 Å². The number of benzene rings is 1. The summed E-state index contributed by atoms with van der Waals surface area (Å²) in [7, 11) is 0. The summed E-state index contributed by atoms with van der Waals surface area (Å²) in [5.41, 5.74) is 1.71. The van der Waals surface area contributed by atoms with Gasteiger partial charge in [-0.1, -0.05) is 13.0 Å². The topological polar surface area (TPSA) is 68.0 Å². The number of oxazole rings is 1. The number of aryl methyl sites for hydroxylation is 1. The van der Waals surface area contributed by atoms with Crippen LogP contribution in [0.25, 0.3) is 0 Å². The molecule has 29 heavy (non-hydrogen) atoms. The fourth-order valence-electron chi connectivity index (χ4n) is 5.92. The van der Waals surface area contributed by atoms with E-state index in [0.717, 1.165) is 37.4 Å². The van der Waals surface area contributed by atoms with Crippen molar-refractivity contribution < 1.29 is 18.7 Å². The molecule has 0 unspecified atom stereocenters. The maximum atomic E-state index is 13.5. The Morgan fingerprint density at radius 2 is 2.00 bits per heavy atom. The molecule has 0 saturated carbocycles. The lowest BCUT2D eigenvalue weighted by molar-refractivity contribution is -0.00363. The molecule has 0 radical (unpaired) electrons. The fraction of sp³-hybridized carbons (Fsp3) is 0.545. The van der Waals surface area contributed by atoms with Gasteiger partial charge in [0.15, 0.2) is 23.6 Å². The molecule has 2 aromatic rings. The Hall–Kier alpha value is -2.54. The molecule has 7 nitrogen and oxygen atoms in total. The predicted molar refractivity (Wildman–Crippen MR) is 104 cm³/mol. The molecule has 3 atom stereocenters. The summed E-state index contributed by atoms with van der Waals surface area (Å²) in [6, 6.07) is 6.83. The van der Waals surface area contributed by atoms with E-state index in [-0.39, 0.29) is 24.7 Å². The van der Waals surface area contributed by atoms with Crippen LogP contribution in [0, 0.1) is 5.92 Å². The Labute approximate surface area is 169 Å². The molecule has 6 heterocycles. The van der Waals surface area contributed by atoms with Crippen molar-refractivity contribution in [2.75, 3.05) is 26.4 Å². The highest BCUT2D eigenvalue weighted by atomic mass is 16.7. The van der Waals surface area contributed by atoms with Gasteiger partial charge in [0, 0.05) is 24.9 Å². The van der Waals surface area contributed by atoms with Gasteiger partial charge in [0.1, 0.15) is 5.76 Å². The zero-order chi connectivity index (χ0) is 19.5. The largest absolute Gasteiger partial charge is 0.454 e. The molecule has 0 spiro atoms. The summed E-state index contributed by atoms with van der Waals surface area (Å²) in [4.78, 5) is 22.5. The van der Waals surface area contributed by atoms with Gasteiger partial charge in [-0.2, -0.15) is 0 Å². The maximum Gasteiger partial charge on any atom is 0.276 e. The molecule has 7 heteroatoms. The second-order valence-electron chi connectivity index (χ2n) is 8.51. The van der Waals surface area contributed by atoms with Crippen molar-refractivity contribution >= 4 is 5.91 Å². The number of ether oxygens (including phenoxy) is 2. The molecule has 1 amide bonds. The average Bonchev–Trinajstić information content (AvgIpc) is 3.51. The van der Waals surface area contributed by atoms with Crippen LogP contribution >= 0.6 is 0 Å². The summed E-state index contributed by atoms with van der Waals surface area (Å²) in [6.07, 6.45) is 4.39. The molecule has 0 N–H and O–H groups in total. The van der Waals surface area contributed by atoms with Gasteiger partial charge in [0.05, 0.1) is 6.04 Å². The molecule has 5 aliphatic heterocycles. The fourth-order valence-corrected chi connectivity index (χ4v) is 5.92. The Balaban J connectivity index is 1.38. The van der Waals surface area contributed by atoms with Crippen LogP contribution in [0.5, 0.6) is 11.5 Å². The molecular formula is C22H25N3O4. The minimum atomic E-state index is 0.0163. The lowest BCUT2D eigenvalue weighted by Gasteiger charge is -2.51. The molecule has 0 aliphatic carbocycles. The van der Waals surface area contributed by atoms with E-state index in [0.29, 0.717) is 36.4 Å². The number of amides is 1. The monoisotopic (exact) mass is 395 g/mol. The number of nitrogens with zero attached hydrogens (tertiary/aromatic N) is 3. The Morgan fingerprint density at radius 3 is 2.83 bits per heavy atom. The first kappa shape index (κ1) is 17.3. The zero-order valence-electron chi connectivity index (χ0n) is 16.5. The molecule has 1 aromatic carbocycles. The Bertz CT molecular complexity index is 949. The van der Waals surface area contributed by atoms with Gasteiger partial charge in [-0.3, -0.25) is 9.69 Å². The van der Waals surface area contributed by atoms with Crippen LogP contribution in [0.15, 0.2) is 29.0 Å². The molecule has 4 fully saturated rings. The van der Waals surface area contributed by atoms with Crippen molar-refractivity contribution in [3.05, 3.63) is 41.6 Å². The number of piperidine rings is 3. The summed E-state index contributed by atoms with van der Waals surface area (Å²) in [5.74, 6) is 3.13. The van der Waals surface area contributed by atoms with E-state index in [9.17, 15) is 4.79 Å². The van der Waals surface area contributed by atoms with Crippen molar-refractivity contribution in [3.63, 3.8) is 0 Å². The normalized spacial score (nSPS) is 31.9. The highest BCUT2D eigenvalue weighted by Gasteiger charge is 2.55. The van der Waals surface area contributed by atoms with E-state index < -0.39 is 0 Å². The summed E-state index contributed by atoms with van der Waals surface area (Å²) < 4.78 is 16.6. The molecule has 152 valence electrons. The van der Waals surface area contributed by atoms with Crippen molar-refractivity contribution in [2.24, 2.45) is 5.92 Å². The van der Waals surface area contributed by atoms with Gasteiger partial charge in [0.2, 0.25) is 6.79 Å². The molecule has 4 saturated heterocycles. The number of hydrogen-bond donors (Lipinski definition) is 0. The van der Waals surface area contributed by atoms with Gasteiger partial charge in [0.25, 0.3) is 5.91 Å². The number of hydrogen-bond acceptors (Lipinski definition) is 6. The SMILES string of the molecule is CCc1ocnc1C(=O)N1C[C@H](c2ccc3c(c2)OCO3)[C@H]2[C@@H]1C1CCN2CC1. The molecular weight excluding hydrogens is 370 g/mol. The first-order valence-corrected chi connectivity index (χ1v) is 10.6. The van der Waals surface area contributed by atoms with E-state index in [1.54, 1.807) is 0 Å². The first-order chi connectivity index (χ1) is 14.2. The number of rotatable bonds is 3. The number of aromatic nitrogens is 1. The van der Waals surface area contributed by atoms with Crippen LogP contribution < -0.4 is 9.47 Å². The first-order valence-electron chi connectivity index (χ1n) is 10.6. The average molecular weight is 395 g/mol. The molecule has 7 rings (SSSR count). The summed E-state index contributed by atoms with van der Waals surface area (Å²) >= 11 is 0. The van der Waals surface area contributed by atoms with Crippen molar-refractivity contribution in [3.8, 4) is 11.5 Å². The Morgan fingerprint density at radius 1 is 1.17 bits per heavy atom. The smallest absolute Gasteiger partial charge is 0.276 e. The van der Waals surface area contributed by atoms with E-state index in [1.165, 1.54) is 12.0 Å². The van der Waals surface area contributed by atoms with Gasteiger partial charge < -0.3 is 18.8 Å². The van der Waals surface area contributed by atoms with Gasteiger partial charge in [-0.25, -0.2) is 4.98 Å². The number of carbonyl (C=O) groups excluding carboxylic acids is 1. The number of carbonyl (C=O) groups is 1. The van der Waals surface area contributed by atoms with E-state index >= 15 is 0 Å². The number of likely N-dealkylation sites (tertiary alicyclic amines) is 1. The van der Waals surface area contributed by atoms with Gasteiger partial charge >= 0.3 is 0 Å². The number of fused-ring (bicyclic) bond motifs is 3. The Kier molecular flexibility index (Phi) is 3.88. The van der Waals surface area contributed by atoms with Crippen LogP contribution in [0.1, 0.15) is 47.5 Å². The highest BCUT2D eigenvalue weighted by molar-refractivity contribution is 5.94. The molecule has 1 aromatic heterocycles. The lowest BCUT2D eigenvalue weighted by Crippen LogP contribution is -2.60. The van der Waals surface area contributed by atoms with Gasteiger partial charge in [-0.15, -0.1) is 0 Å². The third kappa shape index (κ3) is 2.53. The van der Waals surface area contributed by atoms with Crippen molar-refractivity contribution in [1.82, 2.24) is 14.8 Å². The second kappa shape index (κ2) is 6.49. The quantitative estimate of drug-likeness (QED) is 0.796. The van der Waals surface area contributed by atoms with E-state index in [2.05, 4.69) is 26.9 Å². The van der Waals surface area contributed by atoms with Crippen LogP contribution in [0.3, 0.4) is 0 Å². The minimum Gasteiger partial charge on any atom is -0.454 e. The molecule has 5 aliphatic rings. The highest BCUT2D eigenvalue weighted by Crippen LogP contribution is 2.48. The maximum absolute atomic E-state index is 13.5.